The number of hydrogen-bond donors (Lipinski definition) is 1. The zero-order valence-corrected chi connectivity index (χ0v) is 8.54. The van der Waals surface area contributed by atoms with E-state index in [1.54, 1.807) is 6.92 Å². The molecular weight excluding hydrogens is 201 g/mol. The highest BCUT2D eigenvalue weighted by Gasteiger charge is 2.13. The van der Waals surface area contributed by atoms with Crippen molar-refractivity contribution in [3.63, 3.8) is 0 Å². The number of carbonyl (C=O) groups excluding carboxylic acids is 1. The van der Waals surface area contributed by atoms with Gasteiger partial charge in [-0.15, -0.1) is 0 Å². The van der Waals surface area contributed by atoms with Crippen molar-refractivity contribution < 1.29 is 18.8 Å². The van der Waals surface area contributed by atoms with Gasteiger partial charge in [-0.3, -0.25) is 4.84 Å². The molecule has 0 spiro atoms. The number of esters is 1. The van der Waals surface area contributed by atoms with Gasteiger partial charge in [0.1, 0.15) is 5.82 Å². The minimum atomic E-state index is -0.509. The smallest absolute Gasteiger partial charge is 0.338 e. The molecule has 0 unspecified atom stereocenters. The molecule has 0 aliphatic rings. The summed E-state index contributed by atoms with van der Waals surface area (Å²) < 4.78 is 17.9. The highest BCUT2D eigenvalue weighted by Crippen LogP contribution is 2.16. The molecule has 15 heavy (non-hydrogen) atoms. The Kier molecular flexibility index (Phi) is 3.76. The van der Waals surface area contributed by atoms with Crippen LogP contribution >= 0.6 is 0 Å². The van der Waals surface area contributed by atoms with Crippen molar-refractivity contribution in [2.45, 2.75) is 13.5 Å². The lowest BCUT2D eigenvalue weighted by atomic mass is 10.0. The van der Waals surface area contributed by atoms with Crippen LogP contribution < -0.4 is 5.90 Å². The molecule has 1 aromatic rings. The van der Waals surface area contributed by atoms with Gasteiger partial charge in [-0.1, -0.05) is 0 Å². The van der Waals surface area contributed by atoms with E-state index in [0.29, 0.717) is 11.1 Å². The number of rotatable bonds is 3. The number of halogens is 1. The van der Waals surface area contributed by atoms with Crippen LogP contribution in [0.25, 0.3) is 0 Å². The maximum atomic E-state index is 13.3. The highest BCUT2D eigenvalue weighted by molar-refractivity contribution is 5.91. The third kappa shape index (κ3) is 2.51. The fraction of sp³-hybridized carbons (Fsp3) is 0.300. The standard InChI is InChI=1S/C10H12FNO3/c1-6-3-9(11)7(5-15-12)4-8(6)10(13)14-2/h3-4H,5,12H2,1-2H3. The number of benzene rings is 1. The summed E-state index contributed by atoms with van der Waals surface area (Å²) in [6.07, 6.45) is 0. The summed E-state index contributed by atoms with van der Waals surface area (Å²) in [5.74, 6) is 3.88. The first-order valence-corrected chi connectivity index (χ1v) is 4.29. The lowest BCUT2D eigenvalue weighted by Gasteiger charge is -2.07. The number of methoxy groups -OCH3 is 1. The van der Waals surface area contributed by atoms with Crippen LogP contribution in [0.4, 0.5) is 4.39 Å². The fourth-order valence-electron chi connectivity index (χ4n) is 1.25. The SMILES string of the molecule is COC(=O)c1cc(CON)c(F)cc1C. The van der Waals surface area contributed by atoms with E-state index in [1.807, 2.05) is 0 Å². The van der Waals surface area contributed by atoms with E-state index in [-0.39, 0.29) is 12.2 Å². The Balaban J connectivity index is 3.17. The van der Waals surface area contributed by atoms with E-state index in [0.717, 1.165) is 0 Å². The second-order valence-corrected chi connectivity index (χ2v) is 3.06. The van der Waals surface area contributed by atoms with Gasteiger partial charge in [0.25, 0.3) is 0 Å². The number of nitrogens with two attached hydrogens (primary N) is 1. The quantitative estimate of drug-likeness (QED) is 0.607. The average Bonchev–Trinajstić information content (AvgIpc) is 2.21. The van der Waals surface area contributed by atoms with Gasteiger partial charge in [0.15, 0.2) is 0 Å². The van der Waals surface area contributed by atoms with Gasteiger partial charge in [0, 0.05) is 5.56 Å². The molecule has 0 bridgehead atoms. The van der Waals surface area contributed by atoms with Crippen molar-refractivity contribution >= 4 is 5.97 Å². The van der Waals surface area contributed by atoms with E-state index >= 15 is 0 Å². The van der Waals surface area contributed by atoms with Crippen LogP contribution in [0.2, 0.25) is 0 Å². The molecular formula is C10H12FNO3. The Hall–Kier alpha value is -1.46. The Morgan fingerprint density at radius 2 is 2.20 bits per heavy atom. The van der Waals surface area contributed by atoms with Crippen LogP contribution in [0.5, 0.6) is 0 Å². The minimum absolute atomic E-state index is 0.0872. The van der Waals surface area contributed by atoms with E-state index in [1.165, 1.54) is 19.2 Å². The molecule has 0 atom stereocenters. The molecule has 0 radical (unpaired) electrons. The van der Waals surface area contributed by atoms with Crippen molar-refractivity contribution in [2.75, 3.05) is 7.11 Å². The maximum Gasteiger partial charge on any atom is 0.338 e. The predicted molar refractivity (Wildman–Crippen MR) is 51.5 cm³/mol. The second-order valence-electron chi connectivity index (χ2n) is 3.06. The van der Waals surface area contributed by atoms with Crippen molar-refractivity contribution in [1.82, 2.24) is 0 Å². The molecule has 1 rings (SSSR count). The summed E-state index contributed by atoms with van der Waals surface area (Å²) in [6, 6.07) is 2.63. The van der Waals surface area contributed by atoms with Crippen molar-refractivity contribution in [3.05, 3.63) is 34.6 Å². The van der Waals surface area contributed by atoms with Crippen LogP contribution in [-0.4, -0.2) is 13.1 Å². The maximum absolute atomic E-state index is 13.3. The first kappa shape index (κ1) is 11.6. The first-order chi connectivity index (χ1) is 7.10. The molecule has 82 valence electrons. The minimum Gasteiger partial charge on any atom is -0.465 e. The molecule has 0 aliphatic carbocycles. The molecule has 1 aromatic carbocycles. The molecule has 0 aliphatic heterocycles. The molecule has 0 aromatic heterocycles. The monoisotopic (exact) mass is 213 g/mol. The molecule has 5 heteroatoms. The van der Waals surface area contributed by atoms with Crippen LogP contribution in [0.3, 0.4) is 0 Å². The molecule has 0 heterocycles. The molecule has 2 N–H and O–H groups in total. The summed E-state index contributed by atoms with van der Waals surface area (Å²) in [6.45, 7) is 1.54. The van der Waals surface area contributed by atoms with Gasteiger partial charge >= 0.3 is 5.97 Å². The van der Waals surface area contributed by atoms with Gasteiger partial charge in [-0.2, -0.15) is 0 Å². The van der Waals surface area contributed by atoms with Crippen LogP contribution in [-0.2, 0) is 16.2 Å². The third-order valence-electron chi connectivity index (χ3n) is 2.04. The lowest BCUT2D eigenvalue weighted by Crippen LogP contribution is -2.08. The fourth-order valence-corrected chi connectivity index (χ4v) is 1.25. The molecule has 0 fully saturated rings. The number of hydrogen-bond acceptors (Lipinski definition) is 4. The summed E-state index contributed by atoms with van der Waals surface area (Å²) in [5, 5.41) is 0. The zero-order valence-electron chi connectivity index (χ0n) is 8.54. The van der Waals surface area contributed by atoms with E-state index in [9.17, 15) is 9.18 Å². The largest absolute Gasteiger partial charge is 0.465 e. The zero-order chi connectivity index (χ0) is 11.4. The summed E-state index contributed by atoms with van der Waals surface area (Å²) in [7, 11) is 1.27. The Morgan fingerprint density at radius 1 is 1.53 bits per heavy atom. The lowest BCUT2D eigenvalue weighted by molar-refractivity contribution is 0.0599. The molecule has 0 saturated carbocycles. The Bertz CT molecular complexity index is 379. The van der Waals surface area contributed by atoms with E-state index in [2.05, 4.69) is 9.57 Å². The van der Waals surface area contributed by atoms with Crippen molar-refractivity contribution in [3.8, 4) is 0 Å². The van der Waals surface area contributed by atoms with E-state index in [4.69, 9.17) is 5.90 Å². The van der Waals surface area contributed by atoms with Crippen molar-refractivity contribution in [1.29, 1.82) is 0 Å². The topological polar surface area (TPSA) is 61.5 Å². The summed E-state index contributed by atoms with van der Waals surface area (Å²) >= 11 is 0. The van der Waals surface area contributed by atoms with Gasteiger partial charge in [0.2, 0.25) is 0 Å². The molecule has 0 amide bonds. The van der Waals surface area contributed by atoms with Gasteiger partial charge < -0.3 is 4.74 Å². The Morgan fingerprint density at radius 3 is 2.73 bits per heavy atom. The Labute approximate surface area is 86.7 Å². The van der Waals surface area contributed by atoms with E-state index < -0.39 is 11.8 Å². The number of aryl methyl sites for hydroxylation is 1. The number of ether oxygens (including phenoxy) is 1. The average molecular weight is 213 g/mol. The highest BCUT2D eigenvalue weighted by atomic mass is 19.1. The van der Waals surface area contributed by atoms with Crippen LogP contribution in [0.1, 0.15) is 21.5 Å². The number of carbonyl (C=O) groups is 1. The van der Waals surface area contributed by atoms with Crippen LogP contribution in [0.15, 0.2) is 12.1 Å². The van der Waals surface area contributed by atoms with Gasteiger partial charge in [-0.05, 0) is 24.6 Å². The van der Waals surface area contributed by atoms with Crippen LogP contribution in [0, 0.1) is 12.7 Å². The summed E-state index contributed by atoms with van der Waals surface area (Å²) in [5.41, 5.74) is 1.05. The van der Waals surface area contributed by atoms with Gasteiger partial charge in [0.05, 0.1) is 19.3 Å². The predicted octanol–water partition coefficient (Wildman–Crippen LogP) is 1.31. The molecule has 0 saturated heterocycles. The normalized spacial score (nSPS) is 10.1. The molecule has 4 nitrogen and oxygen atoms in total. The first-order valence-electron chi connectivity index (χ1n) is 4.29. The third-order valence-corrected chi connectivity index (χ3v) is 2.04. The van der Waals surface area contributed by atoms with Gasteiger partial charge in [-0.25, -0.2) is 15.1 Å². The summed E-state index contributed by atoms with van der Waals surface area (Å²) in [4.78, 5) is 15.6. The second kappa shape index (κ2) is 4.86. The van der Waals surface area contributed by atoms with Crippen molar-refractivity contribution in [2.24, 2.45) is 5.90 Å².